The maximum absolute atomic E-state index is 12.4. The zero-order valence-electron chi connectivity index (χ0n) is 17.3. The van der Waals surface area contributed by atoms with Crippen molar-refractivity contribution in [3.05, 3.63) is 29.8 Å². The fraction of sp³-hybridized carbons (Fsp3) is 0.696. The van der Waals surface area contributed by atoms with Crippen LogP contribution in [0.2, 0.25) is 0 Å². The molecule has 1 unspecified atom stereocenters. The highest BCUT2D eigenvalue weighted by atomic mass is 32.2. The summed E-state index contributed by atoms with van der Waals surface area (Å²) in [5.74, 6) is 0. The second-order valence-corrected chi connectivity index (χ2v) is 13.8. The van der Waals surface area contributed by atoms with E-state index in [9.17, 15) is 4.21 Å². The Bertz CT molecular complexity index is 637. The third-order valence-electron chi connectivity index (χ3n) is 5.96. The molecule has 0 aromatic heterocycles. The first-order valence-electron chi connectivity index (χ1n) is 10.8. The van der Waals surface area contributed by atoms with Gasteiger partial charge in [-0.15, -0.1) is 0 Å². The Morgan fingerprint density at radius 1 is 0.926 bits per heavy atom. The van der Waals surface area contributed by atoms with E-state index in [2.05, 4.69) is 28.7 Å². The predicted octanol–water partition coefficient (Wildman–Crippen LogP) is 6.34. The highest BCUT2D eigenvalue weighted by molar-refractivity contribution is 7.85. The molecule has 150 valence electrons. The molecule has 2 aliphatic carbocycles. The van der Waals surface area contributed by atoms with Gasteiger partial charge in [0, 0.05) is 11.8 Å². The summed E-state index contributed by atoms with van der Waals surface area (Å²) in [7, 11) is -1.35. The van der Waals surface area contributed by atoms with Crippen LogP contribution in [0.15, 0.2) is 28.7 Å². The largest absolute Gasteiger partial charge is 0.234 e. The molecule has 2 nitrogen and oxygen atoms in total. The summed E-state index contributed by atoms with van der Waals surface area (Å²) in [6.07, 6.45) is 16.0. The van der Waals surface area contributed by atoms with Crippen LogP contribution in [0.4, 0.5) is 0 Å². The zero-order valence-corrected chi connectivity index (χ0v) is 19.0. The maximum Gasteiger partial charge on any atom is 0.144 e. The number of nitrogens with zero attached hydrogens (tertiary/aromatic N) is 1. The van der Waals surface area contributed by atoms with Crippen molar-refractivity contribution in [2.45, 2.75) is 101 Å². The van der Waals surface area contributed by atoms with Crippen LogP contribution >= 0.6 is 7.92 Å². The van der Waals surface area contributed by atoms with Gasteiger partial charge in [0.05, 0.1) is 4.75 Å². The van der Waals surface area contributed by atoms with E-state index in [1.807, 2.05) is 27.0 Å². The fourth-order valence-corrected chi connectivity index (χ4v) is 8.94. The first-order valence-corrected chi connectivity index (χ1v) is 13.4. The van der Waals surface area contributed by atoms with Gasteiger partial charge >= 0.3 is 0 Å². The van der Waals surface area contributed by atoms with Gasteiger partial charge in [0.15, 0.2) is 0 Å². The lowest BCUT2D eigenvalue weighted by Gasteiger charge is -2.39. The van der Waals surface area contributed by atoms with Crippen LogP contribution in [-0.2, 0) is 11.0 Å². The van der Waals surface area contributed by atoms with Gasteiger partial charge in [-0.3, -0.25) is 0 Å². The van der Waals surface area contributed by atoms with Crippen molar-refractivity contribution >= 4 is 30.4 Å². The van der Waals surface area contributed by atoms with Crippen LogP contribution in [0.5, 0.6) is 0 Å². The van der Waals surface area contributed by atoms with Crippen LogP contribution in [-0.4, -0.2) is 26.5 Å². The molecule has 0 aliphatic heterocycles. The van der Waals surface area contributed by atoms with Crippen molar-refractivity contribution < 1.29 is 4.21 Å². The van der Waals surface area contributed by atoms with E-state index < -0.39 is 11.0 Å². The van der Waals surface area contributed by atoms with Crippen molar-refractivity contribution in [1.82, 2.24) is 0 Å². The molecule has 0 amide bonds. The van der Waals surface area contributed by atoms with E-state index in [-0.39, 0.29) is 12.7 Å². The molecular formula is C23H36NOPS. The molecule has 0 radical (unpaired) electrons. The number of hydrogen-bond acceptors (Lipinski definition) is 1. The molecule has 2 fully saturated rings. The lowest BCUT2D eigenvalue weighted by atomic mass is 9.99. The summed E-state index contributed by atoms with van der Waals surface area (Å²) >= 11 is 0. The Hall–Kier alpha value is -0.530. The molecule has 0 saturated heterocycles. The summed E-state index contributed by atoms with van der Waals surface area (Å²) in [4.78, 5) is 0. The third-order valence-corrected chi connectivity index (χ3v) is 10.9. The molecule has 0 heterocycles. The molecule has 1 aromatic rings. The van der Waals surface area contributed by atoms with Crippen LogP contribution in [0, 0.1) is 0 Å². The topological polar surface area (TPSA) is 29.4 Å². The smallest absolute Gasteiger partial charge is 0.144 e. The third kappa shape index (κ3) is 5.73. The van der Waals surface area contributed by atoms with Crippen LogP contribution in [0.1, 0.15) is 90.5 Å². The minimum Gasteiger partial charge on any atom is -0.234 e. The summed E-state index contributed by atoms with van der Waals surface area (Å²) in [5, 5.41) is 1.53. The summed E-state index contributed by atoms with van der Waals surface area (Å²) in [6.45, 7) is 5.97. The van der Waals surface area contributed by atoms with Crippen molar-refractivity contribution in [1.29, 1.82) is 0 Å². The highest BCUT2D eigenvalue weighted by Gasteiger charge is 2.33. The lowest BCUT2D eigenvalue weighted by molar-refractivity contribution is 0.487. The second-order valence-electron chi connectivity index (χ2n) is 9.15. The molecule has 0 bridgehead atoms. The van der Waals surface area contributed by atoms with E-state index in [1.54, 1.807) is 0 Å². The Labute approximate surface area is 170 Å². The molecule has 1 atom stereocenters. The molecule has 3 rings (SSSR count). The minimum absolute atomic E-state index is 0.162. The number of rotatable bonds is 5. The average Bonchev–Trinajstić information content (AvgIpc) is 2.68. The summed E-state index contributed by atoms with van der Waals surface area (Å²) < 4.78 is 16.6. The van der Waals surface area contributed by atoms with Gasteiger partial charge < -0.3 is 0 Å². The minimum atomic E-state index is -1.19. The first-order chi connectivity index (χ1) is 13.0. The van der Waals surface area contributed by atoms with E-state index in [4.69, 9.17) is 0 Å². The van der Waals surface area contributed by atoms with Crippen LogP contribution in [0.25, 0.3) is 0 Å². The quantitative estimate of drug-likeness (QED) is 0.415. The Morgan fingerprint density at radius 2 is 1.44 bits per heavy atom. The summed E-state index contributed by atoms with van der Waals surface area (Å²) in [6, 6.07) is 8.87. The molecule has 2 saturated carbocycles. The molecule has 4 heteroatoms. The molecule has 1 aromatic carbocycles. The predicted molar refractivity (Wildman–Crippen MR) is 122 cm³/mol. The molecule has 27 heavy (non-hydrogen) atoms. The Balaban J connectivity index is 1.91. The fourth-order valence-electron chi connectivity index (χ4n) is 4.50. The first kappa shape index (κ1) is 21.2. The highest BCUT2D eigenvalue weighted by Crippen LogP contribution is 2.55. The Kier molecular flexibility index (Phi) is 7.68. The van der Waals surface area contributed by atoms with Crippen LogP contribution < -0.4 is 5.30 Å². The summed E-state index contributed by atoms with van der Waals surface area (Å²) in [5.41, 5.74) is 2.97. The second kappa shape index (κ2) is 9.79. The van der Waals surface area contributed by atoms with Gasteiger partial charge in [0.1, 0.15) is 11.0 Å². The number of benzene rings is 1. The molecular weight excluding hydrogens is 369 g/mol. The van der Waals surface area contributed by atoms with Crippen molar-refractivity contribution in [3.63, 3.8) is 0 Å². The van der Waals surface area contributed by atoms with E-state index in [0.29, 0.717) is 0 Å². The standard InChI is InChI=1S/C23H36NOPS/c1-23(2,3)27(25)24-18-19-12-10-11-17-22(19)26(20-13-6-4-7-14-20)21-15-8-5-9-16-21/h10-12,17-18,20-21H,4-9,13-16H2,1-3H3/b24-18+. The normalized spacial score (nSPS) is 21.8. The maximum atomic E-state index is 12.4. The molecule has 0 spiro atoms. The SMILES string of the molecule is CC(C)(C)S(=O)/N=C/c1ccccc1P(C1CCCCC1)C1CCCCC1. The van der Waals surface area contributed by atoms with Crippen molar-refractivity contribution in [2.75, 3.05) is 0 Å². The molecule has 2 aliphatic rings. The number of hydrogen-bond donors (Lipinski definition) is 0. The Morgan fingerprint density at radius 3 is 1.96 bits per heavy atom. The lowest BCUT2D eigenvalue weighted by Crippen LogP contribution is -2.28. The van der Waals surface area contributed by atoms with Gasteiger partial charge in [0.2, 0.25) is 0 Å². The van der Waals surface area contributed by atoms with E-state index in [0.717, 1.165) is 11.3 Å². The zero-order chi connectivity index (χ0) is 19.3. The van der Waals surface area contributed by atoms with Gasteiger partial charge in [-0.25, -0.2) is 4.21 Å². The molecule has 0 N–H and O–H groups in total. The van der Waals surface area contributed by atoms with Gasteiger partial charge in [0.25, 0.3) is 0 Å². The van der Waals surface area contributed by atoms with Gasteiger partial charge in [-0.1, -0.05) is 70.7 Å². The average molecular weight is 406 g/mol. The monoisotopic (exact) mass is 405 g/mol. The van der Waals surface area contributed by atoms with Crippen molar-refractivity contribution in [3.8, 4) is 0 Å². The van der Waals surface area contributed by atoms with Crippen LogP contribution in [0.3, 0.4) is 0 Å². The van der Waals surface area contributed by atoms with E-state index in [1.165, 1.54) is 75.1 Å². The van der Waals surface area contributed by atoms with Gasteiger partial charge in [-0.2, -0.15) is 4.40 Å². The van der Waals surface area contributed by atoms with Gasteiger partial charge in [-0.05, 0) is 63.1 Å². The van der Waals surface area contributed by atoms with E-state index >= 15 is 0 Å². The van der Waals surface area contributed by atoms with Crippen molar-refractivity contribution in [2.24, 2.45) is 4.40 Å².